The van der Waals surface area contributed by atoms with Gasteiger partial charge in [0.15, 0.2) is 4.96 Å². The second-order valence-electron chi connectivity index (χ2n) is 6.39. The van der Waals surface area contributed by atoms with Crippen molar-refractivity contribution < 1.29 is 9.18 Å². The summed E-state index contributed by atoms with van der Waals surface area (Å²) in [5, 5.41) is 6.85. The van der Waals surface area contributed by atoms with E-state index in [-0.39, 0.29) is 11.7 Å². The number of thiazole rings is 1. The minimum absolute atomic E-state index is 0.203. The smallest absolute Gasteiger partial charge is 0.273 e. The van der Waals surface area contributed by atoms with Crippen LogP contribution in [-0.2, 0) is 0 Å². The summed E-state index contributed by atoms with van der Waals surface area (Å²) < 4.78 is 14.9. The molecule has 1 N–H and O–H groups in total. The van der Waals surface area contributed by atoms with Gasteiger partial charge in [-0.25, -0.2) is 9.37 Å². The van der Waals surface area contributed by atoms with Gasteiger partial charge < -0.3 is 5.32 Å². The van der Waals surface area contributed by atoms with Gasteiger partial charge in [-0.15, -0.1) is 11.3 Å². The van der Waals surface area contributed by atoms with Crippen LogP contribution in [0.3, 0.4) is 0 Å². The number of anilines is 1. The number of nitrogens with zero attached hydrogens (tertiary/aromatic N) is 2. The van der Waals surface area contributed by atoms with Crippen molar-refractivity contribution in [1.82, 2.24) is 9.38 Å². The number of hydrogen-bond donors (Lipinski definition) is 1. The number of aromatic nitrogens is 2. The quantitative estimate of drug-likeness (QED) is 0.437. The van der Waals surface area contributed by atoms with Crippen LogP contribution in [-0.4, -0.2) is 15.3 Å². The first-order valence-electron chi connectivity index (χ1n) is 8.71. The molecule has 3 aromatic carbocycles. The van der Waals surface area contributed by atoms with Gasteiger partial charge >= 0.3 is 0 Å². The summed E-state index contributed by atoms with van der Waals surface area (Å²) in [6.07, 6.45) is 1.80. The van der Waals surface area contributed by atoms with Gasteiger partial charge in [-0.1, -0.05) is 36.4 Å². The number of hydrogen-bond acceptors (Lipinski definition) is 3. The minimum atomic E-state index is -0.292. The lowest BCUT2D eigenvalue weighted by atomic mass is 10.1. The molecule has 2 aromatic heterocycles. The van der Waals surface area contributed by atoms with E-state index in [2.05, 4.69) is 10.3 Å². The van der Waals surface area contributed by atoms with E-state index in [0.29, 0.717) is 16.3 Å². The van der Waals surface area contributed by atoms with E-state index < -0.39 is 0 Å². The van der Waals surface area contributed by atoms with Crippen LogP contribution in [0.4, 0.5) is 10.1 Å². The third kappa shape index (κ3) is 2.84. The highest BCUT2D eigenvalue weighted by Crippen LogP contribution is 2.26. The maximum absolute atomic E-state index is 13.2. The molecule has 0 atom stereocenters. The predicted molar refractivity (Wildman–Crippen MR) is 110 cm³/mol. The average Bonchev–Trinajstić information content (AvgIpc) is 3.29. The molecule has 0 saturated heterocycles. The summed E-state index contributed by atoms with van der Waals surface area (Å²) >= 11 is 1.39. The van der Waals surface area contributed by atoms with Gasteiger partial charge in [-0.2, -0.15) is 0 Å². The van der Waals surface area contributed by atoms with Crippen LogP contribution >= 0.6 is 11.3 Å². The maximum atomic E-state index is 13.2. The van der Waals surface area contributed by atoms with Gasteiger partial charge in [0.1, 0.15) is 11.5 Å². The molecule has 1 amide bonds. The number of amides is 1. The summed E-state index contributed by atoms with van der Waals surface area (Å²) in [4.78, 5) is 18.2. The van der Waals surface area contributed by atoms with Crippen LogP contribution in [0.25, 0.3) is 27.0 Å². The minimum Gasteiger partial charge on any atom is -0.320 e. The topological polar surface area (TPSA) is 46.4 Å². The second-order valence-corrected chi connectivity index (χ2v) is 7.22. The number of imidazole rings is 1. The van der Waals surface area contributed by atoms with E-state index >= 15 is 0 Å². The molecule has 0 aliphatic rings. The summed E-state index contributed by atoms with van der Waals surface area (Å²) in [6, 6.07) is 19.9. The zero-order chi connectivity index (χ0) is 19.1. The van der Waals surface area contributed by atoms with Gasteiger partial charge in [0, 0.05) is 28.2 Å². The number of carbonyl (C=O) groups excluding carboxylic acids is 1. The molecule has 0 bridgehead atoms. The molecule has 4 nitrogen and oxygen atoms in total. The van der Waals surface area contributed by atoms with Crippen molar-refractivity contribution in [2.24, 2.45) is 0 Å². The van der Waals surface area contributed by atoms with Crippen LogP contribution < -0.4 is 5.32 Å². The first-order chi connectivity index (χ1) is 13.7. The Morgan fingerprint density at radius 2 is 1.79 bits per heavy atom. The van der Waals surface area contributed by atoms with Gasteiger partial charge in [-0.3, -0.25) is 9.20 Å². The third-order valence-electron chi connectivity index (χ3n) is 4.62. The zero-order valence-electron chi connectivity index (χ0n) is 14.6. The fourth-order valence-electron chi connectivity index (χ4n) is 3.23. The Morgan fingerprint density at radius 1 is 1.00 bits per heavy atom. The lowest BCUT2D eigenvalue weighted by Gasteiger charge is -2.08. The molecular weight excluding hydrogens is 373 g/mol. The molecule has 28 heavy (non-hydrogen) atoms. The average molecular weight is 387 g/mol. The van der Waals surface area contributed by atoms with E-state index in [0.717, 1.165) is 22.0 Å². The number of fused-ring (bicyclic) bond motifs is 2. The molecule has 136 valence electrons. The van der Waals surface area contributed by atoms with Crippen molar-refractivity contribution in [2.75, 3.05) is 5.32 Å². The van der Waals surface area contributed by atoms with Crippen molar-refractivity contribution in [3.63, 3.8) is 0 Å². The molecule has 5 rings (SSSR count). The summed E-state index contributed by atoms with van der Waals surface area (Å²) in [7, 11) is 0. The molecule has 0 spiro atoms. The second kappa shape index (κ2) is 6.58. The molecule has 6 heteroatoms. The molecule has 0 aliphatic heterocycles. The summed E-state index contributed by atoms with van der Waals surface area (Å²) in [5.41, 5.74) is 2.78. The highest BCUT2D eigenvalue weighted by atomic mass is 32.1. The van der Waals surface area contributed by atoms with E-state index in [1.807, 2.05) is 42.5 Å². The van der Waals surface area contributed by atoms with Crippen molar-refractivity contribution in [1.29, 1.82) is 0 Å². The van der Waals surface area contributed by atoms with E-state index in [9.17, 15) is 9.18 Å². The number of nitrogens with one attached hydrogen (secondary N) is 1. The van der Waals surface area contributed by atoms with Crippen molar-refractivity contribution in [3.8, 4) is 11.3 Å². The van der Waals surface area contributed by atoms with Gasteiger partial charge in [-0.05, 0) is 35.7 Å². The number of benzene rings is 3. The standard InChI is InChI=1S/C22H14FN3OS/c23-16-10-8-15(9-11-16)19-12-26-20(13-28-22(26)25-19)21(27)24-18-7-3-5-14-4-1-2-6-17(14)18/h1-13H,(H,24,27). The normalized spacial score (nSPS) is 11.2. The lowest BCUT2D eigenvalue weighted by molar-refractivity contribution is 0.102. The Kier molecular flexibility index (Phi) is 3.91. The Hall–Kier alpha value is -3.51. The van der Waals surface area contributed by atoms with E-state index in [1.165, 1.54) is 23.5 Å². The first kappa shape index (κ1) is 16.6. The monoisotopic (exact) mass is 387 g/mol. The van der Waals surface area contributed by atoms with Crippen molar-refractivity contribution in [2.45, 2.75) is 0 Å². The highest BCUT2D eigenvalue weighted by Gasteiger charge is 2.16. The van der Waals surface area contributed by atoms with Gasteiger partial charge in [0.25, 0.3) is 5.91 Å². The molecule has 0 fully saturated rings. The molecule has 0 aliphatic carbocycles. The SMILES string of the molecule is O=C(Nc1cccc2ccccc12)c1csc2nc(-c3ccc(F)cc3)cn12. The Morgan fingerprint density at radius 3 is 2.64 bits per heavy atom. The van der Waals surface area contributed by atoms with Crippen molar-refractivity contribution >= 4 is 38.7 Å². The van der Waals surface area contributed by atoms with E-state index in [4.69, 9.17) is 0 Å². The van der Waals surface area contributed by atoms with Gasteiger partial charge in [0.2, 0.25) is 0 Å². The Bertz CT molecular complexity index is 1320. The largest absolute Gasteiger partial charge is 0.320 e. The predicted octanol–water partition coefficient (Wildman–Crippen LogP) is 5.61. The maximum Gasteiger partial charge on any atom is 0.273 e. The fourth-order valence-corrected chi connectivity index (χ4v) is 4.08. The van der Waals surface area contributed by atoms with Crippen LogP contribution in [0.1, 0.15) is 10.5 Å². The number of carbonyl (C=O) groups is 1. The highest BCUT2D eigenvalue weighted by molar-refractivity contribution is 7.15. The first-order valence-corrected chi connectivity index (χ1v) is 9.59. The molecule has 0 unspecified atom stereocenters. The van der Waals surface area contributed by atoms with Crippen LogP contribution in [0.5, 0.6) is 0 Å². The van der Waals surface area contributed by atoms with Crippen LogP contribution in [0, 0.1) is 5.82 Å². The molecule has 0 saturated carbocycles. The lowest BCUT2D eigenvalue weighted by Crippen LogP contribution is -2.14. The summed E-state index contributed by atoms with van der Waals surface area (Å²) in [6.45, 7) is 0. The zero-order valence-corrected chi connectivity index (χ0v) is 15.4. The number of rotatable bonds is 3. The molecule has 2 heterocycles. The molecular formula is C22H14FN3OS. The van der Waals surface area contributed by atoms with E-state index in [1.54, 1.807) is 28.1 Å². The van der Waals surface area contributed by atoms with Crippen LogP contribution in [0.2, 0.25) is 0 Å². The fraction of sp³-hybridized carbons (Fsp3) is 0. The molecule has 5 aromatic rings. The van der Waals surface area contributed by atoms with Gasteiger partial charge in [0.05, 0.1) is 5.69 Å². The van der Waals surface area contributed by atoms with Crippen molar-refractivity contribution in [3.05, 3.63) is 89.8 Å². The van der Waals surface area contributed by atoms with Crippen LogP contribution in [0.15, 0.2) is 78.3 Å². The summed E-state index contributed by atoms with van der Waals surface area (Å²) in [5.74, 6) is -0.495. The third-order valence-corrected chi connectivity index (χ3v) is 5.46. The Labute approximate surface area is 163 Å². The Balaban J connectivity index is 1.50. The number of halogens is 1. The molecule has 0 radical (unpaired) electrons.